The van der Waals surface area contributed by atoms with Gasteiger partial charge in [0, 0.05) is 6.54 Å². The normalized spacial score (nSPS) is 13.1. The lowest BCUT2D eigenvalue weighted by Gasteiger charge is -2.17. The number of hydrogen-bond donors (Lipinski definition) is 1. The van der Waals surface area contributed by atoms with E-state index in [1.165, 1.54) is 12.7 Å². The highest BCUT2D eigenvalue weighted by Crippen LogP contribution is 2.28. The molecular weight excluding hydrogens is 430 g/mol. The summed E-state index contributed by atoms with van der Waals surface area (Å²) in [5, 5.41) is 11.5. The summed E-state index contributed by atoms with van der Waals surface area (Å²) in [6.07, 6.45) is 5.37. The summed E-state index contributed by atoms with van der Waals surface area (Å²) in [5.74, 6) is 0.434. The number of fused-ring (bicyclic) bond motifs is 1. The highest BCUT2D eigenvalue weighted by molar-refractivity contribution is 6.19. The number of amides is 1. The average molecular weight is 456 g/mol. The molecule has 1 aliphatic carbocycles. The van der Waals surface area contributed by atoms with Gasteiger partial charge < -0.3 is 19.5 Å². The Kier molecular flexibility index (Phi) is 8.64. The Balaban J connectivity index is 1.69. The number of carbonyl (C=O) groups excluding carboxylic acids is 1. The zero-order valence-corrected chi connectivity index (χ0v) is 18.4. The molecule has 0 bridgehead atoms. The Labute approximate surface area is 191 Å². The van der Waals surface area contributed by atoms with E-state index in [9.17, 15) is 13.6 Å². The van der Waals surface area contributed by atoms with Crippen LogP contribution in [0.1, 0.15) is 35.1 Å². The van der Waals surface area contributed by atoms with Crippen LogP contribution >= 0.6 is 0 Å². The zero-order valence-electron chi connectivity index (χ0n) is 18.4. The molecule has 0 fully saturated rings. The number of aryl methyl sites for hydroxylation is 2. The van der Waals surface area contributed by atoms with E-state index >= 15 is 0 Å². The van der Waals surface area contributed by atoms with Gasteiger partial charge in [-0.15, -0.1) is 0 Å². The van der Waals surface area contributed by atoms with Crippen LogP contribution in [0.15, 0.2) is 42.7 Å². The van der Waals surface area contributed by atoms with E-state index in [1.807, 2.05) is 24.3 Å². The first-order valence-electron chi connectivity index (χ1n) is 10.7. The minimum absolute atomic E-state index is 0.0523. The molecular formula is C25H26F2N2O4. The van der Waals surface area contributed by atoms with Crippen molar-refractivity contribution in [2.75, 3.05) is 20.3 Å². The summed E-state index contributed by atoms with van der Waals surface area (Å²) in [5.41, 5.74) is 3.82. The Morgan fingerprint density at radius 1 is 1.15 bits per heavy atom. The largest absolute Gasteiger partial charge is 0.493 e. The van der Waals surface area contributed by atoms with Crippen molar-refractivity contribution in [2.24, 2.45) is 0 Å². The van der Waals surface area contributed by atoms with Crippen LogP contribution in [-0.4, -0.2) is 32.8 Å². The maximum atomic E-state index is 12.8. The maximum Gasteiger partial charge on any atom is 0.386 e. The van der Waals surface area contributed by atoms with Crippen molar-refractivity contribution in [3.63, 3.8) is 0 Å². The molecule has 0 saturated heterocycles. The Hall–Kier alpha value is -3.60. The fourth-order valence-electron chi connectivity index (χ4n) is 3.79. The average Bonchev–Trinajstić information content (AvgIpc) is 2.82. The third-order valence-electron chi connectivity index (χ3n) is 5.41. The van der Waals surface area contributed by atoms with Crippen LogP contribution in [0.25, 0.3) is 5.57 Å². The molecule has 0 saturated carbocycles. The predicted octanol–water partition coefficient (Wildman–Crippen LogP) is 4.42. The molecule has 6 nitrogen and oxygen atoms in total. The number of carbonyl (C=O) groups is 1. The first kappa shape index (κ1) is 24.1. The molecule has 0 aromatic heterocycles. The highest BCUT2D eigenvalue weighted by atomic mass is 19.3. The maximum absolute atomic E-state index is 12.8. The molecule has 1 amide bonds. The van der Waals surface area contributed by atoms with Crippen LogP contribution in [0.4, 0.5) is 8.78 Å². The van der Waals surface area contributed by atoms with E-state index in [2.05, 4.69) is 10.1 Å². The molecule has 0 radical (unpaired) electrons. The number of methoxy groups -OCH3 is 1. The van der Waals surface area contributed by atoms with Crippen LogP contribution in [0.5, 0.6) is 11.5 Å². The van der Waals surface area contributed by atoms with E-state index in [1.54, 1.807) is 18.2 Å². The van der Waals surface area contributed by atoms with Gasteiger partial charge in [-0.1, -0.05) is 24.3 Å². The monoisotopic (exact) mass is 456 g/mol. The van der Waals surface area contributed by atoms with Crippen molar-refractivity contribution < 1.29 is 27.8 Å². The van der Waals surface area contributed by atoms with Gasteiger partial charge in [0.15, 0.2) is 18.1 Å². The van der Waals surface area contributed by atoms with E-state index in [0.29, 0.717) is 23.5 Å². The molecule has 0 unspecified atom stereocenters. The summed E-state index contributed by atoms with van der Waals surface area (Å²) in [6.45, 7) is -2.87. The molecule has 3 rings (SSSR count). The summed E-state index contributed by atoms with van der Waals surface area (Å²) >= 11 is 0. The summed E-state index contributed by atoms with van der Waals surface area (Å²) in [4.78, 5) is 12.8. The lowest BCUT2D eigenvalue weighted by molar-refractivity contribution is -0.116. The van der Waals surface area contributed by atoms with E-state index in [4.69, 9.17) is 14.7 Å². The topological polar surface area (TPSA) is 80.6 Å². The van der Waals surface area contributed by atoms with Crippen LogP contribution < -0.4 is 14.8 Å². The molecule has 33 heavy (non-hydrogen) atoms. The van der Waals surface area contributed by atoms with Gasteiger partial charge in [-0.25, -0.2) is 0 Å². The number of hydrogen-bond acceptors (Lipinski definition) is 5. The van der Waals surface area contributed by atoms with Gasteiger partial charge >= 0.3 is 6.61 Å². The third-order valence-corrected chi connectivity index (χ3v) is 5.41. The smallest absolute Gasteiger partial charge is 0.386 e. The lowest BCUT2D eigenvalue weighted by atomic mass is 9.89. The fraction of sp³-hybridized carbons (Fsp3) is 0.360. The molecule has 174 valence electrons. The quantitative estimate of drug-likeness (QED) is 0.423. The van der Waals surface area contributed by atoms with Gasteiger partial charge in [0.1, 0.15) is 12.3 Å². The van der Waals surface area contributed by atoms with E-state index < -0.39 is 12.5 Å². The van der Waals surface area contributed by atoms with Crippen LogP contribution in [-0.2, 0) is 28.8 Å². The first-order chi connectivity index (χ1) is 16.0. The fourth-order valence-corrected chi connectivity index (χ4v) is 3.79. The van der Waals surface area contributed by atoms with Gasteiger partial charge in [0.05, 0.1) is 12.7 Å². The number of ether oxygens (including phenoxy) is 3. The van der Waals surface area contributed by atoms with Crippen molar-refractivity contribution in [1.29, 1.82) is 5.26 Å². The molecule has 0 spiro atoms. The molecule has 0 heterocycles. The van der Waals surface area contributed by atoms with Crippen LogP contribution in [0, 0.1) is 11.3 Å². The molecule has 0 aliphatic heterocycles. The number of nitrogens with one attached hydrogen (secondary N) is 1. The Morgan fingerprint density at radius 3 is 2.67 bits per heavy atom. The molecule has 2 aromatic carbocycles. The number of alkyl halides is 2. The molecule has 1 N–H and O–H groups in total. The zero-order chi connectivity index (χ0) is 23.6. The van der Waals surface area contributed by atoms with Crippen molar-refractivity contribution in [3.05, 3.63) is 64.9 Å². The Bertz CT molecular complexity index is 1050. The number of benzene rings is 2. The van der Waals surface area contributed by atoms with Crippen molar-refractivity contribution in [2.45, 2.75) is 38.7 Å². The van der Waals surface area contributed by atoms with Gasteiger partial charge in [-0.05, 0) is 66.5 Å². The number of halogens is 2. The molecule has 2 aromatic rings. The second kappa shape index (κ2) is 11.9. The number of nitrogens with zero attached hydrogens (tertiary/aromatic N) is 1. The predicted molar refractivity (Wildman–Crippen MR) is 119 cm³/mol. The summed E-state index contributed by atoms with van der Waals surface area (Å²) in [7, 11) is 1.50. The minimum atomic E-state index is -3.02. The third kappa shape index (κ3) is 6.69. The van der Waals surface area contributed by atoms with Gasteiger partial charge in [-0.3, -0.25) is 4.79 Å². The first-order valence-corrected chi connectivity index (χ1v) is 10.7. The highest BCUT2D eigenvalue weighted by Gasteiger charge is 2.17. The van der Waals surface area contributed by atoms with Gasteiger partial charge in [0.25, 0.3) is 5.91 Å². The number of nitriles is 1. The minimum Gasteiger partial charge on any atom is -0.493 e. The second-order valence-corrected chi connectivity index (χ2v) is 7.56. The summed E-state index contributed by atoms with van der Waals surface area (Å²) < 4.78 is 40.3. The van der Waals surface area contributed by atoms with Gasteiger partial charge in [-0.2, -0.15) is 14.0 Å². The van der Waals surface area contributed by atoms with E-state index in [-0.39, 0.29) is 18.7 Å². The SMILES string of the molecule is COc1ccc(CCNC(=O)/C(=C\OC(F)F)c2ccc3c(c2)CCCC3)cc1OCC#N. The van der Waals surface area contributed by atoms with Crippen molar-refractivity contribution in [3.8, 4) is 17.6 Å². The Morgan fingerprint density at radius 2 is 1.94 bits per heavy atom. The molecule has 8 heteroatoms. The standard InChI is InChI=1S/C25H26F2N2O4/c1-31-22-9-6-17(14-23(22)32-13-11-28)10-12-29-24(30)21(16-33-25(26)27)20-8-7-18-4-2-3-5-19(18)15-20/h6-9,14-16,25H,2-5,10,12-13H2,1H3,(H,29,30)/b21-16-. The lowest BCUT2D eigenvalue weighted by Crippen LogP contribution is -2.27. The summed E-state index contributed by atoms with van der Waals surface area (Å²) in [6, 6.07) is 12.8. The van der Waals surface area contributed by atoms with Crippen LogP contribution in [0.3, 0.4) is 0 Å². The van der Waals surface area contributed by atoms with E-state index in [0.717, 1.165) is 43.1 Å². The second-order valence-electron chi connectivity index (χ2n) is 7.56. The molecule has 0 atom stereocenters. The van der Waals surface area contributed by atoms with Crippen molar-refractivity contribution >= 4 is 11.5 Å². The van der Waals surface area contributed by atoms with Crippen molar-refractivity contribution in [1.82, 2.24) is 5.32 Å². The number of rotatable bonds is 10. The molecule has 1 aliphatic rings. The van der Waals surface area contributed by atoms with Gasteiger partial charge in [0.2, 0.25) is 0 Å². The van der Waals surface area contributed by atoms with Crippen LogP contribution in [0.2, 0.25) is 0 Å².